The number of hydrogen-bond donors (Lipinski definition) is 2. The van der Waals surface area contributed by atoms with Crippen molar-refractivity contribution in [2.75, 3.05) is 0 Å². The monoisotopic (exact) mass is 310 g/mol. The third-order valence-electron chi connectivity index (χ3n) is 5.42. The maximum absolute atomic E-state index is 11.7. The number of ether oxygens (including phenoxy) is 2. The summed E-state index contributed by atoms with van der Waals surface area (Å²) in [6.45, 7) is 5.77. The molecule has 0 amide bonds. The van der Waals surface area contributed by atoms with E-state index in [9.17, 15) is 15.0 Å². The van der Waals surface area contributed by atoms with Crippen LogP contribution in [0.4, 0.5) is 0 Å². The third-order valence-corrected chi connectivity index (χ3v) is 5.42. The van der Waals surface area contributed by atoms with Crippen LogP contribution >= 0.6 is 0 Å². The molecule has 5 heteroatoms. The molecule has 2 saturated heterocycles. The van der Waals surface area contributed by atoms with Crippen molar-refractivity contribution in [1.82, 2.24) is 0 Å². The highest BCUT2D eigenvalue weighted by Crippen LogP contribution is 2.58. The molecule has 0 radical (unpaired) electrons. The summed E-state index contributed by atoms with van der Waals surface area (Å²) in [5.74, 6) is 0. The summed E-state index contributed by atoms with van der Waals surface area (Å²) in [7, 11) is 0. The first-order valence-electron chi connectivity index (χ1n) is 8.27. The fourth-order valence-electron chi connectivity index (χ4n) is 3.89. The van der Waals surface area contributed by atoms with Crippen LogP contribution in [-0.2, 0) is 14.3 Å². The first kappa shape index (κ1) is 16.1. The minimum Gasteiger partial charge on any atom is -0.390 e. The number of carbonyl (C=O) groups is 1. The Bertz CT molecular complexity index is 497. The van der Waals surface area contributed by atoms with E-state index in [1.54, 1.807) is 0 Å². The summed E-state index contributed by atoms with van der Waals surface area (Å²) in [4.78, 5) is 11.7. The lowest BCUT2D eigenvalue weighted by Crippen LogP contribution is -2.59. The Morgan fingerprint density at radius 1 is 1.27 bits per heavy atom. The number of rotatable bonds is 5. The molecule has 2 heterocycles. The van der Waals surface area contributed by atoms with Gasteiger partial charge in [-0.1, -0.05) is 19.8 Å². The van der Waals surface area contributed by atoms with E-state index in [0.717, 1.165) is 31.1 Å². The van der Waals surface area contributed by atoms with Crippen LogP contribution in [0.25, 0.3) is 0 Å². The second kappa shape index (κ2) is 5.41. The highest BCUT2D eigenvalue weighted by Gasteiger charge is 2.72. The summed E-state index contributed by atoms with van der Waals surface area (Å²) in [6, 6.07) is 0. The lowest BCUT2D eigenvalue weighted by Gasteiger charge is -2.46. The molecule has 2 aliphatic heterocycles. The molecular formula is C17H26O5. The van der Waals surface area contributed by atoms with E-state index in [0.29, 0.717) is 18.4 Å². The molecule has 1 spiro atoms. The van der Waals surface area contributed by atoms with E-state index in [1.807, 2.05) is 13.8 Å². The summed E-state index contributed by atoms with van der Waals surface area (Å²) in [6.07, 6.45) is 2.73. The van der Waals surface area contributed by atoms with Gasteiger partial charge in [-0.05, 0) is 32.3 Å². The molecule has 0 saturated carbocycles. The first-order chi connectivity index (χ1) is 10.4. The number of aliphatic hydroxyl groups is 2. The minimum absolute atomic E-state index is 0.358. The van der Waals surface area contributed by atoms with Crippen LogP contribution in [-0.4, -0.2) is 52.1 Å². The zero-order valence-corrected chi connectivity index (χ0v) is 13.5. The van der Waals surface area contributed by atoms with E-state index >= 15 is 0 Å². The minimum atomic E-state index is -0.759. The summed E-state index contributed by atoms with van der Waals surface area (Å²) in [5.41, 5.74) is -0.160. The zero-order chi connectivity index (χ0) is 16.1. The Labute approximate surface area is 131 Å². The lowest BCUT2D eigenvalue weighted by molar-refractivity contribution is -0.189. The lowest BCUT2D eigenvalue weighted by atomic mass is 9.72. The fourth-order valence-corrected chi connectivity index (χ4v) is 3.89. The number of hydrogen-bond acceptors (Lipinski definition) is 5. The van der Waals surface area contributed by atoms with Gasteiger partial charge in [-0.3, -0.25) is 4.79 Å². The van der Waals surface area contributed by atoms with E-state index in [-0.39, 0.29) is 6.10 Å². The van der Waals surface area contributed by atoms with Gasteiger partial charge in [-0.25, -0.2) is 0 Å². The average Bonchev–Trinajstić information content (AvgIpc) is 3.18. The highest BCUT2D eigenvalue weighted by molar-refractivity contribution is 5.78. The summed E-state index contributed by atoms with van der Waals surface area (Å²) in [5, 5.41) is 20.8. The summed E-state index contributed by atoms with van der Waals surface area (Å²) < 4.78 is 11.8. The van der Waals surface area contributed by atoms with Gasteiger partial charge in [-0.2, -0.15) is 0 Å². The molecule has 1 aliphatic carbocycles. The molecule has 0 bridgehead atoms. The fraction of sp³-hybridized carbons (Fsp3) is 0.824. The predicted molar refractivity (Wildman–Crippen MR) is 80.4 cm³/mol. The van der Waals surface area contributed by atoms with Gasteiger partial charge in [0.15, 0.2) is 0 Å². The molecule has 0 aromatic heterocycles. The Hall–Kier alpha value is -0.750. The van der Waals surface area contributed by atoms with Gasteiger partial charge >= 0.3 is 0 Å². The number of carbonyl (C=O) groups excluding carboxylic acids is 1. The molecule has 2 fully saturated rings. The van der Waals surface area contributed by atoms with E-state index in [1.165, 1.54) is 0 Å². The molecule has 124 valence electrons. The van der Waals surface area contributed by atoms with Crippen LogP contribution in [0.5, 0.6) is 0 Å². The van der Waals surface area contributed by atoms with Crippen molar-refractivity contribution in [3.05, 3.63) is 11.1 Å². The molecular weight excluding hydrogens is 284 g/mol. The maximum Gasteiger partial charge on any atom is 0.148 e. The van der Waals surface area contributed by atoms with Gasteiger partial charge in [0, 0.05) is 12.0 Å². The Morgan fingerprint density at radius 3 is 2.64 bits per heavy atom. The van der Waals surface area contributed by atoms with Gasteiger partial charge in [0.05, 0.1) is 11.7 Å². The second-order valence-electron chi connectivity index (χ2n) is 7.32. The van der Waals surface area contributed by atoms with Crippen molar-refractivity contribution in [1.29, 1.82) is 0 Å². The molecule has 5 nitrogen and oxygen atoms in total. The number of aldehydes is 1. The van der Waals surface area contributed by atoms with Crippen molar-refractivity contribution >= 4 is 6.29 Å². The summed E-state index contributed by atoms with van der Waals surface area (Å²) >= 11 is 0. The molecule has 22 heavy (non-hydrogen) atoms. The van der Waals surface area contributed by atoms with Gasteiger partial charge in [0.25, 0.3) is 0 Å². The second-order valence-corrected chi connectivity index (χ2v) is 7.32. The van der Waals surface area contributed by atoms with Gasteiger partial charge in [0.1, 0.15) is 30.2 Å². The van der Waals surface area contributed by atoms with Crippen molar-refractivity contribution in [3.8, 4) is 0 Å². The Balaban J connectivity index is 1.92. The van der Waals surface area contributed by atoms with Crippen LogP contribution in [0.1, 0.15) is 52.9 Å². The van der Waals surface area contributed by atoms with Gasteiger partial charge < -0.3 is 19.7 Å². The predicted octanol–water partition coefficient (Wildman–Crippen LogP) is 1.50. The molecule has 5 atom stereocenters. The zero-order valence-electron chi connectivity index (χ0n) is 13.5. The van der Waals surface area contributed by atoms with Crippen LogP contribution in [0.3, 0.4) is 0 Å². The van der Waals surface area contributed by atoms with Crippen LogP contribution < -0.4 is 0 Å². The molecule has 0 aromatic rings. The van der Waals surface area contributed by atoms with Crippen LogP contribution in [0.2, 0.25) is 0 Å². The molecule has 3 rings (SSSR count). The smallest absolute Gasteiger partial charge is 0.148 e. The van der Waals surface area contributed by atoms with Crippen molar-refractivity contribution < 1.29 is 24.5 Å². The van der Waals surface area contributed by atoms with Crippen molar-refractivity contribution in [2.45, 2.75) is 88.5 Å². The molecule has 0 aromatic carbocycles. The number of epoxide rings is 1. The molecule has 3 aliphatic rings. The van der Waals surface area contributed by atoms with E-state index in [4.69, 9.17) is 9.47 Å². The molecule has 2 N–H and O–H groups in total. The largest absolute Gasteiger partial charge is 0.390 e. The van der Waals surface area contributed by atoms with Crippen molar-refractivity contribution in [2.24, 2.45) is 0 Å². The normalized spacial score (nSPS) is 42.6. The van der Waals surface area contributed by atoms with Crippen LogP contribution in [0, 0.1) is 0 Å². The van der Waals surface area contributed by atoms with Crippen molar-refractivity contribution in [3.63, 3.8) is 0 Å². The molecule has 1 unspecified atom stereocenters. The van der Waals surface area contributed by atoms with E-state index < -0.39 is 29.5 Å². The number of unbranched alkanes of at least 4 members (excludes halogenated alkanes) is 2. The third kappa shape index (κ3) is 2.26. The quantitative estimate of drug-likeness (QED) is 0.457. The topological polar surface area (TPSA) is 79.3 Å². The van der Waals surface area contributed by atoms with Gasteiger partial charge in [0.2, 0.25) is 0 Å². The van der Waals surface area contributed by atoms with E-state index in [2.05, 4.69) is 6.92 Å². The average molecular weight is 310 g/mol. The Kier molecular flexibility index (Phi) is 3.96. The van der Waals surface area contributed by atoms with Crippen LogP contribution in [0.15, 0.2) is 11.1 Å². The highest BCUT2D eigenvalue weighted by atomic mass is 16.7. The number of aliphatic hydroxyl groups excluding tert-OH is 2. The maximum atomic E-state index is 11.7. The standard InChI is InChI=1S/C17H26O5/c1-4-5-6-7-10-11(9-18)14-17(15(22-17)13(10)20)8-12(19)16(2,3)21-14/h9,12-15,19-20H,4-8H2,1-3H3/t12-,13+,14-,15-,17?/m1/s1. The first-order valence-corrected chi connectivity index (χ1v) is 8.27. The Morgan fingerprint density at radius 2 is 2.00 bits per heavy atom. The van der Waals surface area contributed by atoms with Gasteiger partial charge in [-0.15, -0.1) is 0 Å². The SMILES string of the molecule is CCCCCC1=C(C=O)[C@H]2OC(C)(C)[C@H](O)CC23O[C@@H]3[C@H]1O.